The van der Waals surface area contributed by atoms with Gasteiger partial charge in [-0.15, -0.1) is 11.3 Å². The van der Waals surface area contributed by atoms with Crippen molar-refractivity contribution >= 4 is 27.5 Å². The Labute approximate surface area is 146 Å². The predicted octanol–water partition coefficient (Wildman–Crippen LogP) is 3.28. The topological polar surface area (TPSA) is 45.2 Å². The first-order valence-corrected chi connectivity index (χ1v) is 9.19. The normalized spacial score (nSPS) is 17.3. The molecule has 1 aliphatic rings. The molecule has 1 fully saturated rings. The highest BCUT2D eigenvalue weighted by molar-refractivity contribution is 7.16. The zero-order valence-corrected chi connectivity index (χ0v) is 14.8. The van der Waals surface area contributed by atoms with E-state index in [1.54, 1.807) is 11.3 Å². The fourth-order valence-corrected chi connectivity index (χ4v) is 3.86. The zero-order chi connectivity index (χ0) is 16.5. The summed E-state index contributed by atoms with van der Waals surface area (Å²) in [6.07, 6.45) is 3.78. The van der Waals surface area contributed by atoms with Gasteiger partial charge in [-0.3, -0.25) is 4.90 Å². The highest BCUT2D eigenvalue weighted by Gasteiger charge is 2.23. The van der Waals surface area contributed by atoms with Gasteiger partial charge in [0.05, 0.1) is 15.7 Å². The van der Waals surface area contributed by atoms with E-state index in [0.29, 0.717) is 6.04 Å². The van der Waals surface area contributed by atoms with Crippen LogP contribution in [-0.4, -0.2) is 46.0 Å². The summed E-state index contributed by atoms with van der Waals surface area (Å²) in [4.78, 5) is 18.1. The van der Waals surface area contributed by atoms with E-state index < -0.39 is 0 Å². The molecule has 6 heteroatoms. The predicted molar refractivity (Wildman–Crippen MR) is 98.6 cm³/mol. The fourth-order valence-electron chi connectivity index (χ4n) is 3.20. The van der Waals surface area contributed by atoms with Gasteiger partial charge < -0.3 is 4.90 Å². The van der Waals surface area contributed by atoms with Crippen molar-refractivity contribution in [3.05, 3.63) is 47.2 Å². The van der Waals surface area contributed by atoms with Crippen LogP contribution < -0.4 is 4.90 Å². The van der Waals surface area contributed by atoms with E-state index >= 15 is 0 Å². The van der Waals surface area contributed by atoms with Gasteiger partial charge in [0.2, 0.25) is 5.95 Å². The second-order valence-electron chi connectivity index (χ2n) is 6.34. The SMILES string of the molecule is Cc1cnc(N2CCN(C(C)c3ccc4scnc4c3)CC2)nc1. The molecule has 1 aromatic carbocycles. The Kier molecular flexibility index (Phi) is 4.16. The molecule has 0 spiro atoms. The van der Waals surface area contributed by atoms with Crippen molar-refractivity contribution < 1.29 is 0 Å². The molecule has 1 saturated heterocycles. The molecule has 4 rings (SSSR count). The second-order valence-corrected chi connectivity index (χ2v) is 7.23. The third-order valence-electron chi connectivity index (χ3n) is 4.75. The van der Waals surface area contributed by atoms with E-state index in [2.05, 4.69) is 49.9 Å². The van der Waals surface area contributed by atoms with Crippen molar-refractivity contribution in [2.24, 2.45) is 0 Å². The van der Waals surface area contributed by atoms with E-state index in [4.69, 9.17) is 0 Å². The van der Waals surface area contributed by atoms with Crippen LogP contribution in [0.1, 0.15) is 24.1 Å². The Bertz CT molecular complexity index is 821. The van der Waals surface area contributed by atoms with E-state index in [1.807, 2.05) is 24.8 Å². The number of thiazole rings is 1. The molecule has 124 valence electrons. The minimum absolute atomic E-state index is 0.400. The van der Waals surface area contributed by atoms with Gasteiger partial charge in [-0.1, -0.05) is 6.07 Å². The number of rotatable bonds is 3. The Balaban J connectivity index is 1.43. The molecule has 0 amide bonds. The van der Waals surface area contributed by atoms with E-state index in [-0.39, 0.29) is 0 Å². The summed E-state index contributed by atoms with van der Waals surface area (Å²) < 4.78 is 1.26. The largest absolute Gasteiger partial charge is 0.338 e. The van der Waals surface area contributed by atoms with Gasteiger partial charge in [0.15, 0.2) is 0 Å². The van der Waals surface area contributed by atoms with Crippen molar-refractivity contribution in [1.82, 2.24) is 19.9 Å². The number of benzene rings is 1. The maximum absolute atomic E-state index is 4.45. The summed E-state index contributed by atoms with van der Waals surface area (Å²) in [5.74, 6) is 0.844. The summed E-state index contributed by atoms with van der Waals surface area (Å²) in [5, 5.41) is 0. The van der Waals surface area contributed by atoms with Crippen LogP contribution in [0.15, 0.2) is 36.1 Å². The zero-order valence-electron chi connectivity index (χ0n) is 14.0. The van der Waals surface area contributed by atoms with Gasteiger partial charge in [0, 0.05) is 44.6 Å². The van der Waals surface area contributed by atoms with Crippen LogP contribution in [0, 0.1) is 6.92 Å². The first kappa shape index (κ1) is 15.5. The van der Waals surface area contributed by atoms with Gasteiger partial charge in [0.1, 0.15) is 0 Å². The maximum atomic E-state index is 4.45. The highest BCUT2D eigenvalue weighted by atomic mass is 32.1. The van der Waals surface area contributed by atoms with Crippen LogP contribution >= 0.6 is 11.3 Å². The molecular weight excluding hydrogens is 318 g/mol. The van der Waals surface area contributed by atoms with E-state index in [9.17, 15) is 0 Å². The number of fused-ring (bicyclic) bond motifs is 1. The molecule has 1 aliphatic heterocycles. The van der Waals surface area contributed by atoms with Crippen LogP contribution in [0.2, 0.25) is 0 Å². The van der Waals surface area contributed by atoms with Crippen molar-refractivity contribution in [3.8, 4) is 0 Å². The lowest BCUT2D eigenvalue weighted by molar-refractivity contribution is 0.198. The fraction of sp³-hybridized carbons (Fsp3) is 0.389. The molecule has 5 nitrogen and oxygen atoms in total. The Morgan fingerprint density at radius 1 is 1.04 bits per heavy atom. The molecule has 1 atom stereocenters. The van der Waals surface area contributed by atoms with Gasteiger partial charge >= 0.3 is 0 Å². The monoisotopic (exact) mass is 339 g/mol. The molecule has 3 aromatic rings. The van der Waals surface area contributed by atoms with Gasteiger partial charge in [-0.05, 0) is 37.1 Å². The number of aromatic nitrogens is 3. The summed E-state index contributed by atoms with van der Waals surface area (Å²) >= 11 is 1.70. The molecule has 0 bridgehead atoms. The summed E-state index contributed by atoms with van der Waals surface area (Å²) in [6, 6.07) is 7.05. The molecule has 0 aliphatic carbocycles. The average molecular weight is 339 g/mol. The van der Waals surface area contributed by atoms with E-state index in [1.165, 1.54) is 10.3 Å². The number of anilines is 1. The Morgan fingerprint density at radius 3 is 2.54 bits per heavy atom. The van der Waals surface area contributed by atoms with Crippen LogP contribution in [-0.2, 0) is 0 Å². The Morgan fingerprint density at radius 2 is 1.79 bits per heavy atom. The first-order chi connectivity index (χ1) is 11.7. The minimum atomic E-state index is 0.400. The number of hydrogen-bond acceptors (Lipinski definition) is 6. The quantitative estimate of drug-likeness (QED) is 0.733. The van der Waals surface area contributed by atoms with Gasteiger partial charge in [-0.25, -0.2) is 15.0 Å². The molecule has 2 aromatic heterocycles. The molecule has 0 saturated carbocycles. The molecule has 24 heavy (non-hydrogen) atoms. The van der Waals surface area contributed by atoms with E-state index in [0.717, 1.165) is 43.2 Å². The average Bonchev–Trinajstić information content (AvgIpc) is 3.09. The maximum Gasteiger partial charge on any atom is 0.225 e. The first-order valence-electron chi connectivity index (χ1n) is 8.31. The Hall–Kier alpha value is -2.05. The smallest absolute Gasteiger partial charge is 0.225 e. The van der Waals surface area contributed by atoms with Gasteiger partial charge in [-0.2, -0.15) is 0 Å². The van der Waals surface area contributed by atoms with Gasteiger partial charge in [0.25, 0.3) is 0 Å². The number of aryl methyl sites for hydroxylation is 1. The molecule has 0 N–H and O–H groups in total. The van der Waals surface area contributed by atoms with Crippen LogP contribution in [0.5, 0.6) is 0 Å². The van der Waals surface area contributed by atoms with Crippen LogP contribution in [0.4, 0.5) is 5.95 Å². The van der Waals surface area contributed by atoms with Crippen molar-refractivity contribution in [2.45, 2.75) is 19.9 Å². The number of nitrogens with zero attached hydrogens (tertiary/aromatic N) is 5. The summed E-state index contributed by atoms with van der Waals surface area (Å²) in [6.45, 7) is 8.27. The number of piperazine rings is 1. The van der Waals surface area contributed by atoms with Crippen molar-refractivity contribution in [3.63, 3.8) is 0 Å². The summed E-state index contributed by atoms with van der Waals surface area (Å²) in [7, 11) is 0. The molecule has 0 radical (unpaired) electrons. The standard InChI is InChI=1S/C18H21N5S/c1-13-10-19-18(20-11-13)23-7-5-22(6-8-23)14(2)15-3-4-17-16(9-15)21-12-24-17/h3-4,9-12,14H,5-8H2,1-2H3. The summed E-state index contributed by atoms with van der Waals surface area (Å²) in [5.41, 5.74) is 5.47. The molecular formula is C18H21N5S. The third kappa shape index (κ3) is 2.99. The lowest BCUT2D eigenvalue weighted by Crippen LogP contribution is -2.47. The van der Waals surface area contributed by atoms with Crippen molar-refractivity contribution in [1.29, 1.82) is 0 Å². The van der Waals surface area contributed by atoms with Crippen LogP contribution in [0.3, 0.4) is 0 Å². The number of hydrogen-bond donors (Lipinski definition) is 0. The molecule has 1 unspecified atom stereocenters. The van der Waals surface area contributed by atoms with Crippen molar-refractivity contribution in [2.75, 3.05) is 31.1 Å². The lowest BCUT2D eigenvalue weighted by atomic mass is 10.1. The lowest BCUT2D eigenvalue weighted by Gasteiger charge is -2.38. The molecule has 3 heterocycles. The highest BCUT2D eigenvalue weighted by Crippen LogP contribution is 2.26. The second kappa shape index (κ2) is 6.45. The third-order valence-corrected chi connectivity index (χ3v) is 5.56. The minimum Gasteiger partial charge on any atom is -0.338 e. The van der Waals surface area contributed by atoms with Crippen LogP contribution in [0.25, 0.3) is 10.2 Å².